The van der Waals surface area contributed by atoms with Gasteiger partial charge in [-0.25, -0.2) is 14.8 Å². The number of carbonyl (C=O) groups is 3. The molecule has 2 rings (SSSR count). The molecule has 0 fully saturated rings. The van der Waals surface area contributed by atoms with Crippen LogP contribution < -0.4 is 11.1 Å². The van der Waals surface area contributed by atoms with Gasteiger partial charge in [0.1, 0.15) is 16.9 Å². The van der Waals surface area contributed by atoms with E-state index in [1.165, 1.54) is 10.8 Å². The molecule has 0 aliphatic carbocycles. The maximum Gasteiger partial charge on any atom is 0.413 e. The number of hydrogen-bond donors (Lipinski definition) is 3. The smallest absolute Gasteiger partial charge is 0.413 e. The van der Waals surface area contributed by atoms with Gasteiger partial charge in [0, 0.05) is 10.8 Å². The second kappa shape index (κ2) is 9.60. The topological polar surface area (TPSA) is 154 Å². The van der Waals surface area contributed by atoms with E-state index in [-0.39, 0.29) is 34.7 Å². The number of nitrogen functional groups attached to an aromatic ring is 1. The first kappa shape index (κ1) is 24.5. The first-order chi connectivity index (χ1) is 14.4. The quantitative estimate of drug-likeness (QED) is 0.491. The van der Waals surface area contributed by atoms with Gasteiger partial charge in [-0.05, 0) is 34.1 Å². The summed E-state index contributed by atoms with van der Waals surface area (Å²) < 4.78 is 10.4. The molecule has 170 valence electrons. The number of aromatic nitrogens is 2. The average Bonchev–Trinajstić information content (AvgIpc) is 3.26. The minimum absolute atomic E-state index is 0.0291. The first-order valence-corrected chi connectivity index (χ1v) is 11.3. The molecule has 0 saturated carbocycles. The number of anilines is 2. The molecule has 12 heteroatoms. The SMILES string of the molecule is CCOC(=O)C(c1csc(NC(=O)OC(C)(C)C)n1)C(CC)(C(=O)O)c1csc(N)n1. The number of rotatable bonds is 8. The summed E-state index contributed by atoms with van der Waals surface area (Å²) in [5.41, 5.74) is 3.57. The fourth-order valence-corrected chi connectivity index (χ4v) is 4.44. The van der Waals surface area contributed by atoms with Crippen LogP contribution >= 0.6 is 22.7 Å². The Balaban J connectivity index is 2.52. The van der Waals surface area contributed by atoms with Gasteiger partial charge in [-0.1, -0.05) is 6.92 Å². The molecule has 1 amide bonds. The normalized spacial score (nSPS) is 14.4. The van der Waals surface area contributed by atoms with Crippen molar-refractivity contribution in [2.75, 3.05) is 17.7 Å². The van der Waals surface area contributed by atoms with Gasteiger partial charge >= 0.3 is 18.0 Å². The molecule has 2 heterocycles. The van der Waals surface area contributed by atoms with Crippen molar-refractivity contribution < 1.29 is 29.0 Å². The fraction of sp³-hybridized carbons (Fsp3) is 0.526. The molecule has 0 bridgehead atoms. The van der Waals surface area contributed by atoms with Crippen molar-refractivity contribution in [3.8, 4) is 0 Å². The molecule has 31 heavy (non-hydrogen) atoms. The molecule has 10 nitrogen and oxygen atoms in total. The number of thiazole rings is 2. The van der Waals surface area contributed by atoms with Crippen molar-refractivity contribution in [2.24, 2.45) is 0 Å². The summed E-state index contributed by atoms with van der Waals surface area (Å²) in [5, 5.41) is 16.1. The van der Waals surface area contributed by atoms with E-state index >= 15 is 0 Å². The lowest BCUT2D eigenvalue weighted by atomic mass is 9.69. The molecular weight excluding hydrogens is 444 g/mol. The van der Waals surface area contributed by atoms with Crippen LogP contribution in [0.3, 0.4) is 0 Å². The highest BCUT2D eigenvalue weighted by atomic mass is 32.1. The summed E-state index contributed by atoms with van der Waals surface area (Å²) in [5.74, 6) is -3.32. The molecule has 0 spiro atoms. The maximum atomic E-state index is 13.0. The highest BCUT2D eigenvalue weighted by molar-refractivity contribution is 7.14. The molecule has 2 aromatic rings. The van der Waals surface area contributed by atoms with E-state index in [0.717, 1.165) is 22.7 Å². The van der Waals surface area contributed by atoms with E-state index in [4.69, 9.17) is 15.2 Å². The first-order valence-electron chi connectivity index (χ1n) is 9.51. The number of carbonyl (C=O) groups excluding carboxylic acids is 2. The summed E-state index contributed by atoms with van der Waals surface area (Å²) in [7, 11) is 0. The van der Waals surface area contributed by atoms with Gasteiger partial charge in [-0.2, -0.15) is 0 Å². The molecule has 0 saturated heterocycles. The number of aliphatic carboxylic acids is 1. The highest BCUT2D eigenvalue weighted by Gasteiger charge is 2.54. The number of ether oxygens (including phenoxy) is 2. The number of esters is 1. The number of hydrogen-bond acceptors (Lipinski definition) is 10. The van der Waals surface area contributed by atoms with Crippen molar-refractivity contribution >= 4 is 51.0 Å². The van der Waals surface area contributed by atoms with E-state index in [1.54, 1.807) is 34.6 Å². The summed E-state index contributed by atoms with van der Waals surface area (Å²) in [4.78, 5) is 46.0. The van der Waals surface area contributed by atoms with Gasteiger partial charge in [0.15, 0.2) is 10.3 Å². The zero-order chi connectivity index (χ0) is 23.4. The van der Waals surface area contributed by atoms with Crippen LogP contribution in [0.25, 0.3) is 0 Å². The molecule has 4 N–H and O–H groups in total. The second-order valence-electron chi connectivity index (χ2n) is 7.59. The molecular formula is C19H26N4O6S2. The number of carboxylic acid groups (broad SMARTS) is 1. The lowest BCUT2D eigenvalue weighted by Crippen LogP contribution is -2.46. The Morgan fingerprint density at radius 3 is 2.35 bits per heavy atom. The molecule has 0 aliphatic heterocycles. The second-order valence-corrected chi connectivity index (χ2v) is 9.34. The maximum absolute atomic E-state index is 13.0. The van der Waals surface area contributed by atoms with Crippen molar-refractivity contribution in [1.29, 1.82) is 0 Å². The third-order valence-electron chi connectivity index (χ3n) is 4.36. The van der Waals surface area contributed by atoms with Crippen LogP contribution in [0.15, 0.2) is 10.8 Å². The highest BCUT2D eigenvalue weighted by Crippen LogP contribution is 2.44. The largest absolute Gasteiger partial charge is 0.481 e. The van der Waals surface area contributed by atoms with Gasteiger partial charge in [-0.15, -0.1) is 22.7 Å². The Morgan fingerprint density at radius 1 is 1.19 bits per heavy atom. The van der Waals surface area contributed by atoms with E-state index in [1.807, 2.05) is 0 Å². The van der Waals surface area contributed by atoms with E-state index in [0.29, 0.717) is 0 Å². The lowest BCUT2D eigenvalue weighted by Gasteiger charge is -2.32. The Bertz CT molecular complexity index is 951. The zero-order valence-corrected chi connectivity index (χ0v) is 19.6. The third-order valence-corrected chi connectivity index (χ3v) is 5.81. The van der Waals surface area contributed by atoms with Gasteiger partial charge in [0.2, 0.25) is 0 Å². The molecule has 0 aliphatic rings. The van der Waals surface area contributed by atoms with Crippen LogP contribution in [0, 0.1) is 0 Å². The average molecular weight is 471 g/mol. The Morgan fingerprint density at radius 2 is 1.87 bits per heavy atom. The third kappa shape index (κ3) is 5.50. The number of carboxylic acids is 1. The minimum atomic E-state index is -1.75. The number of amides is 1. The lowest BCUT2D eigenvalue weighted by molar-refractivity contribution is -0.156. The van der Waals surface area contributed by atoms with Gasteiger partial charge in [-0.3, -0.25) is 14.9 Å². The van der Waals surface area contributed by atoms with E-state index < -0.39 is 35.0 Å². The van der Waals surface area contributed by atoms with E-state index in [9.17, 15) is 19.5 Å². The molecule has 2 aromatic heterocycles. The van der Waals surface area contributed by atoms with E-state index in [2.05, 4.69) is 15.3 Å². The zero-order valence-electron chi connectivity index (χ0n) is 17.9. The Labute approximate surface area is 187 Å². The molecule has 2 atom stereocenters. The van der Waals surface area contributed by atoms with Crippen molar-refractivity contribution in [2.45, 2.75) is 58.0 Å². The van der Waals surface area contributed by atoms with Crippen LogP contribution in [-0.4, -0.2) is 45.3 Å². The summed E-state index contributed by atoms with van der Waals surface area (Å²) >= 11 is 2.12. The molecule has 2 unspecified atom stereocenters. The van der Waals surface area contributed by atoms with Crippen molar-refractivity contribution in [1.82, 2.24) is 9.97 Å². The predicted molar refractivity (Wildman–Crippen MR) is 117 cm³/mol. The molecule has 0 radical (unpaired) electrons. The Kier molecular flexibility index (Phi) is 7.60. The van der Waals surface area contributed by atoms with Crippen molar-refractivity contribution in [3.05, 3.63) is 22.1 Å². The van der Waals surface area contributed by atoms with Crippen LogP contribution in [-0.2, 0) is 24.5 Å². The number of nitrogens with one attached hydrogen (secondary N) is 1. The van der Waals surface area contributed by atoms with Crippen molar-refractivity contribution in [3.63, 3.8) is 0 Å². The predicted octanol–water partition coefficient (Wildman–Crippen LogP) is 3.61. The van der Waals surface area contributed by atoms with Crippen LogP contribution in [0.1, 0.15) is 58.3 Å². The van der Waals surface area contributed by atoms with Crippen LogP contribution in [0.2, 0.25) is 0 Å². The number of nitrogens with zero attached hydrogens (tertiary/aromatic N) is 2. The summed E-state index contributed by atoms with van der Waals surface area (Å²) in [6, 6.07) is 0. The standard InChI is InChI=1S/C19H26N4O6S2/c1-6-19(14(25)26,11-9-30-15(20)22-11)12(13(24)28-7-2)10-8-31-16(21-10)23-17(27)29-18(3,4)5/h8-9,12H,6-7H2,1-5H3,(H2,20,22)(H,25,26)(H,21,23,27). The number of nitrogens with two attached hydrogens (primary N) is 1. The summed E-state index contributed by atoms with van der Waals surface area (Å²) in [6.07, 6.45) is -0.685. The minimum Gasteiger partial charge on any atom is -0.481 e. The van der Waals surface area contributed by atoms with Crippen LogP contribution in [0.4, 0.5) is 15.1 Å². The van der Waals surface area contributed by atoms with Gasteiger partial charge < -0.3 is 20.3 Å². The monoisotopic (exact) mass is 470 g/mol. The fourth-order valence-electron chi connectivity index (χ4n) is 3.08. The van der Waals surface area contributed by atoms with Crippen LogP contribution in [0.5, 0.6) is 0 Å². The van der Waals surface area contributed by atoms with Gasteiger partial charge in [0.25, 0.3) is 0 Å². The Hall–Kier alpha value is -2.73. The summed E-state index contributed by atoms with van der Waals surface area (Å²) in [6.45, 7) is 8.49. The molecule has 0 aromatic carbocycles. The van der Waals surface area contributed by atoms with Gasteiger partial charge in [0.05, 0.1) is 18.0 Å².